The minimum atomic E-state index is -0.523. The van der Waals surface area contributed by atoms with E-state index in [0.717, 1.165) is 18.7 Å². The zero-order chi connectivity index (χ0) is 17.6. The topological polar surface area (TPSA) is 79.0 Å². The fourth-order valence-electron chi connectivity index (χ4n) is 2.74. The molecule has 0 radical (unpaired) electrons. The van der Waals surface area contributed by atoms with Crippen LogP contribution in [0.5, 0.6) is 0 Å². The van der Waals surface area contributed by atoms with Gasteiger partial charge in [-0.1, -0.05) is 64.7 Å². The molecule has 0 aliphatic carbocycles. The summed E-state index contributed by atoms with van der Waals surface area (Å²) in [7, 11) is 0. The molecule has 0 unspecified atom stereocenters. The molecule has 0 amide bonds. The maximum atomic E-state index is 10.8. The summed E-state index contributed by atoms with van der Waals surface area (Å²) < 4.78 is 0. The molecule has 0 spiro atoms. The predicted molar refractivity (Wildman–Crippen MR) is 98.1 cm³/mol. The molecule has 0 atom stereocenters. The van der Waals surface area contributed by atoms with Crippen LogP contribution in [-0.2, 0) is 0 Å². The van der Waals surface area contributed by atoms with Crippen LogP contribution in [0.2, 0.25) is 0 Å². The summed E-state index contributed by atoms with van der Waals surface area (Å²) in [5.74, 6) is 0. The van der Waals surface area contributed by atoms with Gasteiger partial charge in [-0.15, -0.1) is 0 Å². The number of benzene rings is 1. The molecule has 0 bridgehead atoms. The summed E-state index contributed by atoms with van der Waals surface area (Å²) in [5, 5.41) is 23.0. The van der Waals surface area contributed by atoms with Crippen LogP contribution >= 0.6 is 0 Å². The first-order chi connectivity index (χ1) is 11.7. The van der Waals surface area contributed by atoms with Crippen molar-refractivity contribution < 1.29 is 4.92 Å². The van der Waals surface area contributed by atoms with Crippen molar-refractivity contribution >= 4 is 11.4 Å². The van der Waals surface area contributed by atoms with Crippen LogP contribution in [0.4, 0.5) is 11.4 Å². The van der Waals surface area contributed by atoms with E-state index in [4.69, 9.17) is 5.26 Å². The molecule has 1 aromatic carbocycles. The highest BCUT2D eigenvalue weighted by molar-refractivity contribution is 5.58. The lowest BCUT2D eigenvalue weighted by molar-refractivity contribution is -0.385. The van der Waals surface area contributed by atoms with Crippen LogP contribution in [0, 0.1) is 21.4 Å². The molecule has 0 fully saturated rings. The Morgan fingerprint density at radius 1 is 1.04 bits per heavy atom. The Morgan fingerprint density at radius 3 is 2.17 bits per heavy atom. The van der Waals surface area contributed by atoms with Gasteiger partial charge in [-0.25, -0.2) is 0 Å². The van der Waals surface area contributed by atoms with Crippen LogP contribution in [0.3, 0.4) is 0 Å². The molecule has 0 heterocycles. The number of nitriles is 1. The van der Waals surface area contributed by atoms with E-state index < -0.39 is 4.92 Å². The number of nitrogens with zero attached hydrogens (tertiary/aromatic N) is 2. The quantitative estimate of drug-likeness (QED) is 0.281. The fourth-order valence-corrected chi connectivity index (χ4v) is 2.74. The van der Waals surface area contributed by atoms with E-state index in [2.05, 4.69) is 12.2 Å². The lowest BCUT2D eigenvalue weighted by atomic mass is 10.1. The Hall–Kier alpha value is -2.09. The van der Waals surface area contributed by atoms with E-state index in [0.29, 0.717) is 0 Å². The average Bonchev–Trinajstić information content (AvgIpc) is 2.59. The van der Waals surface area contributed by atoms with Gasteiger partial charge >= 0.3 is 0 Å². The molecule has 1 aromatic rings. The first kappa shape index (κ1) is 20.0. The van der Waals surface area contributed by atoms with Gasteiger partial charge in [0.2, 0.25) is 0 Å². The summed E-state index contributed by atoms with van der Waals surface area (Å²) in [5.41, 5.74) is 0.739. The number of nitro groups is 1. The van der Waals surface area contributed by atoms with Gasteiger partial charge in [0.25, 0.3) is 5.69 Å². The number of anilines is 1. The van der Waals surface area contributed by atoms with Gasteiger partial charge in [0.15, 0.2) is 0 Å². The molecule has 1 N–H and O–H groups in total. The molecule has 1 rings (SSSR count). The minimum Gasteiger partial charge on any atom is -0.385 e. The second-order valence-electron chi connectivity index (χ2n) is 6.21. The maximum Gasteiger partial charge on any atom is 0.287 e. The number of nitro benzene ring substituents is 1. The van der Waals surface area contributed by atoms with Gasteiger partial charge < -0.3 is 5.32 Å². The third-order valence-electron chi connectivity index (χ3n) is 4.17. The SMILES string of the molecule is CCCCCCCCCCCCNc1ccc([N+](=O)[O-])c(C#N)c1. The molecule has 132 valence electrons. The second kappa shape index (κ2) is 12.3. The van der Waals surface area contributed by atoms with Crippen molar-refractivity contribution in [1.82, 2.24) is 0 Å². The summed E-state index contributed by atoms with van der Waals surface area (Å²) in [4.78, 5) is 10.3. The van der Waals surface area contributed by atoms with Gasteiger partial charge in [-0.3, -0.25) is 10.1 Å². The van der Waals surface area contributed by atoms with E-state index in [9.17, 15) is 10.1 Å². The fraction of sp³-hybridized carbons (Fsp3) is 0.632. The molecule has 0 aromatic heterocycles. The first-order valence-corrected chi connectivity index (χ1v) is 9.11. The predicted octanol–water partition coefficient (Wildman–Crippen LogP) is 5.80. The van der Waals surface area contributed by atoms with Gasteiger partial charge in [-0.2, -0.15) is 5.26 Å². The van der Waals surface area contributed by atoms with Crippen molar-refractivity contribution in [1.29, 1.82) is 5.26 Å². The first-order valence-electron chi connectivity index (χ1n) is 9.11. The second-order valence-corrected chi connectivity index (χ2v) is 6.21. The van der Waals surface area contributed by atoms with E-state index >= 15 is 0 Å². The van der Waals surface area contributed by atoms with E-state index in [1.54, 1.807) is 12.1 Å². The Bertz CT molecular complexity index is 538. The largest absolute Gasteiger partial charge is 0.385 e. The summed E-state index contributed by atoms with van der Waals surface area (Å²) in [6.07, 6.45) is 13.0. The highest BCUT2D eigenvalue weighted by Gasteiger charge is 2.13. The molecule has 0 aliphatic heterocycles. The Labute approximate surface area is 145 Å². The maximum absolute atomic E-state index is 10.8. The molecule has 0 saturated heterocycles. The normalized spacial score (nSPS) is 10.3. The third kappa shape index (κ3) is 7.96. The summed E-state index contributed by atoms with van der Waals surface area (Å²) in [6.45, 7) is 3.07. The third-order valence-corrected chi connectivity index (χ3v) is 4.17. The van der Waals surface area contributed by atoms with Gasteiger partial charge in [0, 0.05) is 18.3 Å². The number of hydrogen-bond acceptors (Lipinski definition) is 4. The monoisotopic (exact) mass is 331 g/mol. The number of nitrogens with one attached hydrogen (secondary N) is 1. The van der Waals surface area contributed by atoms with Crippen molar-refractivity contribution in [2.75, 3.05) is 11.9 Å². The molecule has 24 heavy (non-hydrogen) atoms. The molecular weight excluding hydrogens is 302 g/mol. The molecule has 0 aliphatic rings. The van der Waals surface area contributed by atoms with Crippen molar-refractivity contribution in [2.24, 2.45) is 0 Å². The van der Waals surface area contributed by atoms with Crippen LogP contribution in [0.1, 0.15) is 76.7 Å². The van der Waals surface area contributed by atoms with Gasteiger partial charge in [0.05, 0.1) is 4.92 Å². The Morgan fingerprint density at radius 2 is 1.62 bits per heavy atom. The molecule has 0 saturated carbocycles. The van der Waals surface area contributed by atoms with E-state index in [1.165, 1.54) is 63.9 Å². The average molecular weight is 331 g/mol. The standard InChI is InChI=1S/C19H29N3O2/c1-2-3-4-5-6-7-8-9-10-11-14-21-18-12-13-19(22(23)24)17(15-18)16-20/h12-13,15,21H,2-11,14H2,1H3. The molecular formula is C19H29N3O2. The minimum absolute atomic E-state index is 0.105. The zero-order valence-electron chi connectivity index (χ0n) is 14.7. The Balaban J connectivity index is 2.11. The van der Waals surface area contributed by atoms with E-state index in [1.807, 2.05) is 6.07 Å². The van der Waals surface area contributed by atoms with Gasteiger partial charge in [-0.05, 0) is 18.6 Å². The lowest BCUT2D eigenvalue weighted by Gasteiger charge is -2.07. The van der Waals surface area contributed by atoms with Crippen molar-refractivity contribution in [2.45, 2.75) is 71.1 Å². The summed E-state index contributed by atoms with van der Waals surface area (Å²) in [6, 6.07) is 6.48. The Kier molecular flexibility index (Phi) is 10.3. The van der Waals surface area contributed by atoms with Crippen LogP contribution in [-0.4, -0.2) is 11.5 Å². The number of hydrogen-bond donors (Lipinski definition) is 1. The molecule has 5 nitrogen and oxygen atoms in total. The van der Waals surface area contributed by atoms with Gasteiger partial charge in [0.1, 0.15) is 11.6 Å². The van der Waals surface area contributed by atoms with Crippen molar-refractivity contribution in [3.8, 4) is 6.07 Å². The smallest absolute Gasteiger partial charge is 0.287 e. The van der Waals surface area contributed by atoms with Crippen molar-refractivity contribution in [3.05, 3.63) is 33.9 Å². The highest BCUT2D eigenvalue weighted by atomic mass is 16.6. The van der Waals surface area contributed by atoms with Crippen LogP contribution in [0.25, 0.3) is 0 Å². The lowest BCUT2D eigenvalue weighted by Crippen LogP contribution is -2.02. The van der Waals surface area contributed by atoms with Crippen molar-refractivity contribution in [3.63, 3.8) is 0 Å². The zero-order valence-corrected chi connectivity index (χ0v) is 14.7. The molecule has 5 heteroatoms. The summed E-state index contributed by atoms with van der Waals surface area (Å²) >= 11 is 0. The number of rotatable bonds is 13. The van der Waals surface area contributed by atoms with E-state index in [-0.39, 0.29) is 11.3 Å². The highest BCUT2D eigenvalue weighted by Crippen LogP contribution is 2.21. The van der Waals surface area contributed by atoms with Crippen LogP contribution in [0.15, 0.2) is 18.2 Å². The number of unbranched alkanes of at least 4 members (excludes halogenated alkanes) is 9. The van der Waals surface area contributed by atoms with Crippen LogP contribution < -0.4 is 5.32 Å².